The van der Waals surface area contributed by atoms with Gasteiger partial charge in [-0.15, -0.1) is 0 Å². The molecule has 0 unspecified atom stereocenters. The molecule has 1 aliphatic rings. The van der Waals surface area contributed by atoms with Crippen molar-refractivity contribution in [2.24, 2.45) is 12.2 Å². The fraction of sp³-hybridized carbons (Fsp3) is 0.391. The Balaban J connectivity index is 1.52. The van der Waals surface area contributed by atoms with E-state index in [-0.39, 0.29) is 23.3 Å². The molecule has 14 heteroatoms. The van der Waals surface area contributed by atoms with Crippen LogP contribution in [-0.4, -0.2) is 61.2 Å². The van der Waals surface area contributed by atoms with Gasteiger partial charge < -0.3 is 14.3 Å². The van der Waals surface area contributed by atoms with Gasteiger partial charge in [0.1, 0.15) is 5.69 Å². The Labute approximate surface area is 218 Å². The number of aryl methyl sites for hydroxylation is 1. The van der Waals surface area contributed by atoms with Crippen LogP contribution in [0.1, 0.15) is 29.0 Å². The summed E-state index contributed by atoms with van der Waals surface area (Å²) < 4.78 is 40.4. The Hall–Kier alpha value is -3.17. The molecule has 12 nitrogen and oxygen atoms in total. The molecule has 0 aliphatic carbocycles. The van der Waals surface area contributed by atoms with E-state index in [0.29, 0.717) is 49.1 Å². The molecule has 2 aromatic heterocycles. The number of sulfonamides is 1. The Morgan fingerprint density at radius 1 is 1.22 bits per heavy atom. The Bertz CT molecular complexity index is 1330. The fourth-order valence-corrected chi connectivity index (χ4v) is 5.64. The maximum absolute atomic E-state index is 13.1. The SMILES string of the molecule is COCc1cnc(NC(=O)C(=NOCc2ccn(C)n2)c2ccc(S(=O)(=O)NC3CCOCC3)cc2)s1. The van der Waals surface area contributed by atoms with Crippen molar-refractivity contribution in [2.45, 2.75) is 37.0 Å². The first-order chi connectivity index (χ1) is 17.8. The zero-order valence-electron chi connectivity index (χ0n) is 20.4. The van der Waals surface area contributed by atoms with E-state index in [1.54, 1.807) is 37.3 Å². The second-order valence-electron chi connectivity index (χ2n) is 8.25. The van der Waals surface area contributed by atoms with Crippen LogP contribution in [0.25, 0.3) is 0 Å². The summed E-state index contributed by atoms with van der Waals surface area (Å²) in [7, 11) is -0.377. The number of amides is 1. The van der Waals surface area contributed by atoms with Gasteiger partial charge in [-0.05, 0) is 31.0 Å². The minimum atomic E-state index is -3.73. The van der Waals surface area contributed by atoms with Crippen LogP contribution in [0.4, 0.5) is 5.13 Å². The van der Waals surface area contributed by atoms with Gasteiger partial charge in [0.25, 0.3) is 5.91 Å². The zero-order valence-corrected chi connectivity index (χ0v) is 22.0. The minimum Gasteiger partial charge on any atom is -0.389 e. The number of nitrogens with one attached hydrogen (secondary N) is 2. The zero-order chi connectivity index (χ0) is 26.3. The van der Waals surface area contributed by atoms with E-state index >= 15 is 0 Å². The number of aromatic nitrogens is 3. The van der Waals surface area contributed by atoms with E-state index in [1.807, 2.05) is 0 Å². The Kier molecular flexibility index (Phi) is 9.00. The molecule has 0 radical (unpaired) electrons. The van der Waals surface area contributed by atoms with E-state index in [1.165, 1.54) is 35.6 Å². The molecule has 0 bridgehead atoms. The van der Waals surface area contributed by atoms with Crippen molar-refractivity contribution >= 4 is 38.1 Å². The van der Waals surface area contributed by atoms with Crippen LogP contribution in [0, 0.1) is 0 Å². The predicted molar refractivity (Wildman–Crippen MR) is 137 cm³/mol. The van der Waals surface area contributed by atoms with Gasteiger partial charge in [-0.25, -0.2) is 18.1 Å². The number of thiazole rings is 1. The lowest BCUT2D eigenvalue weighted by Crippen LogP contribution is -2.38. The molecule has 1 aliphatic heterocycles. The van der Waals surface area contributed by atoms with Gasteiger partial charge in [-0.2, -0.15) is 5.10 Å². The molecule has 4 rings (SSSR count). The van der Waals surface area contributed by atoms with Gasteiger partial charge in [0.05, 0.1) is 16.4 Å². The van der Waals surface area contributed by atoms with Crippen LogP contribution in [0.3, 0.4) is 0 Å². The second kappa shape index (κ2) is 12.4. The van der Waals surface area contributed by atoms with Crippen molar-refractivity contribution in [1.29, 1.82) is 0 Å². The van der Waals surface area contributed by atoms with Gasteiger partial charge in [0.2, 0.25) is 10.0 Å². The lowest BCUT2D eigenvalue weighted by molar-refractivity contribution is -0.110. The summed E-state index contributed by atoms with van der Waals surface area (Å²) in [5.74, 6) is -0.560. The van der Waals surface area contributed by atoms with Crippen molar-refractivity contribution < 1.29 is 27.5 Å². The molecular weight excluding hydrogens is 520 g/mol. The predicted octanol–water partition coefficient (Wildman–Crippen LogP) is 2.04. The fourth-order valence-electron chi connectivity index (χ4n) is 3.55. The van der Waals surface area contributed by atoms with Gasteiger partial charge in [-0.3, -0.25) is 14.8 Å². The Morgan fingerprint density at radius 3 is 2.65 bits per heavy atom. The topological polar surface area (TPSA) is 146 Å². The molecule has 0 saturated carbocycles. The molecule has 198 valence electrons. The molecule has 1 fully saturated rings. The average Bonchev–Trinajstić information content (AvgIpc) is 3.50. The maximum atomic E-state index is 13.1. The summed E-state index contributed by atoms with van der Waals surface area (Å²) in [4.78, 5) is 23.7. The van der Waals surface area contributed by atoms with E-state index in [0.717, 1.165) is 4.88 Å². The third-order valence-electron chi connectivity index (χ3n) is 5.39. The molecule has 3 heterocycles. The standard InChI is InChI=1S/C23H28N6O6S2/c1-29-10-7-18(26-29)14-35-27-21(22(30)25-23-24-13-19(36-23)15-33-2)16-3-5-20(6-4-16)37(31,32)28-17-8-11-34-12-9-17/h3-7,10,13,17,28H,8-9,11-12,14-15H2,1-2H3,(H,24,25,30). The normalized spacial score (nSPS) is 15.0. The van der Waals surface area contributed by atoms with E-state index in [9.17, 15) is 13.2 Å². The molecule has 3 aromatic rings. The van der Waals surface area contributed by atoms with Gasteiger partial charge in [-0.1, -0.05) is 28.6 Å². The number of ether oxygens (including phenoxy) is 2. The number of rotatable bonds is 11. The van der Waals surface area contributed by atoms with Crippen LogP contribution in [0.5, 0.6) is 0 Å². The number of benzene rings is 1. The van der Waals surface area contributed by atoms with E-state index < -0.39 is 15.9 Å². The van der Waals surface area contributed by atoms with E-state index in [4.69, 9.17) is 14.3 Å². The van der Waals surface area contributed by atoms with Crippen molar-refractivity contribution in [2.75, 3.05) is 25.6 Å². The van der Waals surface area contributed by atoms with Gasteiger partial charge in [0, 0.05) is 51.4 Å². The second-order valence-corrected chi connectivity index (χ2v) is 11.1. The Morgan fingerprint density at radius 2 is 1.97 bits per heavy atom. The van der Waals surface area contributed by atoms with Crippen LogP contribution in [-0.2, 0) is 49.4 Å². The number of methoxy groups -OCH3 is 1. The molecular formula is C23H28N6O6S2. The number of hydrogen-bond donors (Lipinski definition) is 2. The van der Waals surface area contributed by atoms with Crippen molar-refractivity contribution in [3.8, 4) is 0 Å². The maximum Gasteiger partial charge on any atom is 0.280 e. The molecule has 1 amide bonds. The minimum absolute atomic E-state index is 0.0410. The number of nitrogens with zero attached hydrogens (tertiary/aromatic N) is 4. The number of anilines is 1. The first-order valence-corrected chi connectivity index (χ1v) is 13.8. The largest absolute Gasteiger partial charge is 0.389 e. The van der Waals surface area contributed by atoms with Crippen molar-refractivity contribution in [3.05, 3.63) is 58.9 Å². The first-order valence-electron chi connectivity index (χ1n) is 11.5. The number of carbonyl (C=O) groups excluding carboxylic acids is 1. The summed E-state index contributed by atoms with van der Waals surface area (Å²) in [6.07, 6.45) is 4.61. The van der Waals surface area contributed by atoms with Crippen LogP contribution < -0.4 is 10.0 Å². The molecule has 1 aromatic carbocycles. The lowest BCUT2D eigenvalue weighted by atomic mass is 10.1. The van der Waals surface area contributed by atoms with Gasteiger partial charge in [0.15, 0.2) is 17.5 Å². The quantitative estimate of drug-likeness (QED) is 0.273. The molecule has 0 atom stereocenters. The molecule has 1 saturated heterocycles. The summed E-state index contributed by atoms with van der Waals surface area (Å²) in [6, 6.07) is 7.48. The number of oxime groups is 1. The van der Waals surface area contributed by atoms with Crippen LogP contribution in [0.15, 0.2) is 52.8 Å². The summed E-state index contributed by atoms with van der Waals surface area (Å²) in [5.41, 5.74) is 0.966. The van der Waals surface area contributed by atoms with E-state index in [2.05, 4.69) is 25.3 Å². The van der Waals surface area contributed by atoms with Gasteiger partial charge >= 0.3 is 0 Å². The van der Waals surface area contributed by atoms with Crippen molar-refractivity contribution in [1.82, 2.24) is 19.5 Å². The highest BCUT2D eigenvalue weighted by molar-refractivity contribution is 7.89. The van der Waals surface area contributed by atoms with Crippen LogP contribution in [0.2, 0.25) is 0 Å². The number of hydrogen-bond acceptors (Lipinski definition) is 10. The third-order valence-corrected chi connectivity index (χ3v) is 7.82. The summed E-state index contributed by atoms with van der Waals surface area (Å²) in [5, 5.41) is 11.4. The average molecular weight is 549 g/mol. The third kappa shape index (κ3) is 7.42. The van der Waals surface area contributed by atoms with Crippen LogP contribution >= 0.6 is 11.3 Å². The molecule has 0 spiro atoms. The summed E-state index contributed by atoms with van der Waals surface area (Å²) >= 11 is 1.27. The monoisotopic (exact) mass is 548 g/mol. The highest BCUT2D eigenvalue weighted by Gasteiger charge is 2.23. The number of carbonyl (C=O) groups is 1. The summed E-state index contributed by atoms with van der Waals surface area (Å²) in [6.45, 7) is 1.46. The highest BCUT2D eigenvalue weighted by Crippen LogP contribution is 2.20. The first kappa shape index (κ1) is 26.9. The lowest BCUT2D eigenvalue weighted by Gasteiger charge is -2.23. The smallest absolute Gasteiger partial charge is 0.280 e. The molecule has 2 N–H and O–H groups in total. The van der Waals surface area contributed by atoms with Crippen molar-refractivity contribution in [3.63, 3.8) is 0 Å². The highest BCUT2D eigenvalue weighted by atomic mass is 32.2. The molecule has 37 heavy (non-hydrogen) atoms.